The van der Waals surface area contributed by atoms with Crippen molar-refractivity contribution in [1.29, 1.82) is 0 Å². The molecule has 3 aliphatic rings. The molecule has 0 unspecified atom stereocenters. The number of allylic oxidation sites excluding steroid dienone is 3. The SMILES string of the molecule is CC[C@@H](C)/C=C(C)/C=C\[C@@H](O)[C@](C)(O)C(=O)NCC(=O)N[C@H](C(=O)N[C@H](C(=O)N[C@H](C(=O)N[C@H]1C(=O)N[C@H](COC)C(=O)NCC(=O)N[C@@H](C)C(=O)N(C)[C@@H]([C@@H](C)O)C(=O)N[C@H]([C@H](OC)c2ccc(O[C@@H]3O[C@@H](C)[C@H](O)[C@@H](O)[C@H]3O)cc2)C(=O)N2CCCC[C@H]2C(=O)O[C@@H]1C(C)C)[C@@H](C)[C@@H](C)C(N)=O)[C@@H](C)N)[C@@H](C)O. The van der Waals surface area contributed by atoms with Crippen LogP contribution in [0.15, 0.2) is 48.1 Å². The second kappa shape index (κ2) is 42.5. The molecule has 0 bridgehead atoms. The first-order valence-corrected chi connectivity index (χ1v) is 36.5. The van der Waals surface area contributed by atoms with Gasteiger partial charge >= 0.3 is 5.97 Å². The van der Waals surface area contributed by atoms with E-state index in [1.54, 1.807) is 6.92 Å². The number of nitrogens with one attached hydrogen (secondary N) is 9. The van der Waals surface area contributed by atoms with Crippen LogP contribution in [0.3, 0.4) is 0 Å². The number of carbonyl (C=O) groups is 13. The van der Waals surface area contributed by atoms with Crippen molar-refractivity contribution in [3.63, 3.8) is 0 Å². The standard InChI is InChI=1S/C72H115N13O25/c1-17-33(4)28-34(5)21-26-46(88)72(13,105)71(104)76-30-48(90)79-51(39(10)86)64(98)81-50(37(8)73)63(97)80-49(35(6)36(7)60(74)94)62(96)82-52-58(32(2)3)110-69(103)45-20-18-19-27-85(45)68(102)53(59(107-16)42-22-24-43(25-23-42)109-70-57(93)56(92)55(91)41(12)108-70)83-66(100)54(40(11)87)84(14)67(101)38(9)77-47(89)29-75-61(95)44(31-106-15)78-65(52)99/h21-26,28,32-33,35-41,44-46,49-59,70,86-88,91-93,105H,17-20,27,29-31,73H2,1-16H3,(H2,74,94)(H,75,95)(H,76,104)(H,77,89)(H,78,99)(H,79,90)(H,80,97)(H,81,98)(H,82,96)(H,83,100)/b26-21-,34-28+/t33-,35+,36-,37-,38+,39-,40-,41+,44-,45+,46-,49+,50+,51+,52-,53-,54+,55+,56-,57-,58-,59-,70+,72+/m1/s1. The van der Waals surface area contributed by atoms with Crippen LogP contribution >= 0.6 is 0 Å². The van der Waals surface area contributed by atoms with E-state index in [2.05, 4.69) is 47.9 Å². The highest BCUT2D eigenvalue weighted by Crippen LogP contribution is 2.31. The Morgan fingerprint density at radius 2 is 1.41 bits per heavy atom. The molecule has 0 aliphatic carbocycles. The number of benzene rings is 1. The molecule has 3 saturated heterocycles. The zero-order chi connectivity index (χ0) is 83.3. The zero-order valence-corrected chi connectivity index (χ0v) is 65.1. The summed E-state index contributed by atoms with van der Waals surface area (Å²) in [5.74, 6) is -18.3. The Bertz CT molecular complexity index is 3430. The fraction of sp³-hybridized carbons (Fsp3) is 0.681. The minimum atomic E-state index is -2.48. The quantitative estimate of drug-likeness (QED) is 0.0262. The molecule has 20 N–H and O–H groups in total. The van der Waals surface area contributed by atoms with E-state index >= 15 is 19.2 Å². The zero-order valence-electron chi connectivity index (χ0n) is 65.1. The number of methoxy groups -OCH3 is 2. The van der Waals surface area contributed by atoms with Gasteiger partial charge in [-0.25, -0.2) is 4.79 Å². The highest BCUT2D eigenvalue weighted by atomic mass is 16.7. The summed E-state index contributed by atoms with van der Waals surface area (Å²) in [6, 6.07) is -12.3. The van der Waals surface area contributed by atoms with E-state index < -0.39 is 242 Å². The van der Waals surface area contributed by atoms with Gasteiger partial charge in [0.15, 0.2) is 5.60 Å². The average Bonchev–Trinajstić information content (AvgIpc) is 0.792. The number of aliphatic hydroxyl groups excluding tert-OH is 6. The summed E-state index contributed by atoms with van der Waals surface area (Å²) < 4.78 is 28.9. The average molecular weight is 1560 g/mol. The van der Waals surface area contributed by atoms with Crippen molar-refractivity contribution in [3.05, 3.63) is 53.6 Å². The van der Waals surface area contributed by atoms with Crippen LogP contribution in [0, 0.1) is 23.7 Å². The number of hydrogen-bond acceptors (Lipinski definition) is 26. The van der Waals surface area contributed by atoms with Gasteiger partial charge in [-0.1, -0.05) is 83.9 Å². The van der Waals surface area contributed by atoms with E-state index in [4.69, 9.17) is 35.2 Å². The summed E-state index contributed by atoms with van der Waals surface area (Å²) in [7, 11) is 3.47. The van der Waals surface area contributed by atoms with Gasteiger partial charge in [-0.2, -0.15) is 0 Å². The van der Waals surface area contributed by atoms with Crippen LogP contribution in [-0.4, -0.2) is 291 Å². The molecular weight excluding hydrogens is 1450 g/mol. The Hall–Kier alpha value is -8.83. The molecule has 3 fully saturated rings. The predicted molar refractivity (Wildman–Crippen MR) is 390 cm³/mol. The third kappa shape index (κ3) is 25.3. The summed E-state index contributed by atoms with van der Waals surface area (Å²) in [5, 5.41) is 96.6. The van der Waals surface area contributed by atoms with Gasteiger partial charge in [-0.3, -0.25) is 57.5 Å². The van der Waals surface area contributed by atoms with Crippen LogP contribution in [0.5, 0.6) is 5.75 Å². The molecule has 110 heavy (non-hydrogen) atoms. The molecule has 618 valence electrons. The Labute approximate surface area is 638 Å². The number of carbonyl (C=O) groups excluding carboxylic acids is 13. The first-order valence-electron chi connectivity index (χ1n) is 36.5. The summed E-state index contributed by atoms with van der Waals surface area (Å²) in [4.78, 5) is 188. The largest absolute Gasteiger partial charge is 0.462 e. The molecule has 0 spiro atoms. The second-order valence-electron chi connectivity index (χ2n) is 28.9. The topological polar surface area (TPSA) is 576 Å². The minimum absolute atomic E-state index is 0.0365. The second-order valence-corrected chi connectivity index (χ2v) is 28.9. The van der Waals surface area contributed by atoms with Crippen molar-refractivity contribution in [2.75, 3.05) is 47.5 Å². The number of likely N-dealkylation sites (N-methyl/N-ethyl adjacent to an activating group) is 1. The van der Waals surface area contributed by atoms with E-state index in [0.29, 0.717) is 0 Å². The van der Waals surface area contributed by atoms with E-state index in [0.717, 1.165) is 49.8 Å². The molecule has 4 rings (SSSR count). The van der Waals surface area contributed by atoms with Gasteiger partial charge in [-0.15, -0.1) is 0 Å². The third-order valence-corrected chi connectivity index (χ3v) is 19.6. The van der Waals surface area contributed by atoms with E-state index in [-0.39, 0.29) is 43.0 Å². The molecule has 0 saturated carbocycles. The molecule has 3 heterocycles. The van der Waals surface area contributed by atoms with Gasteiger partial charge in [0.05, 0.1) is 38.0 Å². The van der Waals surface area contributed by atoms with Crippen LogP contribution in [0.1, 0.15) is 127 Å². The Balaban J connectivity index is 1.83. The maximum Gasteiger partial charge on any atom is 0.329 e. The Morgan fingerprint density at radius 1 is 0.791 bits per heavy atom. The molecule has 38 heteroatoms. The van der Waals surface area contributed by atoms with Crippen molar-refractivity contribution < 1.29 is 122 Å². The molecule has 0 radical (unpaired) electrons. The third-order valence-electron chi connectivity index (χ3n) is 19.6. The Morgan fingerprint density at radius 3 is 1.97 bits per heavy atom. The summed E-state index contributed by atoms with van der Waals surface area (Å²) >= 11 is 0. The van der Waals surface area contributed by atoms with E-state index in [9.17, 15) is 78.9 Å². The number of primary amides is 1. The first kappa shape index (κ1) is 93.5. The molecule has 0 aromatic heterocycles. The van der Waals surface area contributed by atoms with Gasteiger partial charge < -0.3 is 129 Å². The molecular formula is C72H115N13O25. The number of rotatable bonds is 29. The summed E-state index contributed by atoms with van der Waals surface area (Å²) in [5.41, 5.74) is 10.5. The Kier molecular flexibility index (Phi) is 36.2. The van der Waals surface area contributed by atoms with Crippen molar-refractivity contribution in [3.8, 4) is 5.75 Å². The molecule has 12 amide bonds. The number of ether oxygens (including phenoxy) is 5. The highest BCUT2D eigenvalue weighted by molar-refractivity contribution is 6.00. The van der Waals surface area contributed by atoms with Gasteiger partial charge in [0.2, 0.25) is 71.3 Å². The highest BCUT2D eigenvalue weighted by Gasteiger charge is 2.49. The lowest BCUT2D eigenvalue weighted by Gasteiger charge is -2.40. The number of cyclic esters (lactones) is 1. The fourth-order valence-corrected chi connectivity index (χ4v) is 12.4. The normalized spacial score (nSPS) is 27.5. The fourth-order valence-electron chi connectivity index (χ4n) is 12.4. The minimum Gasteiger partial charge on any atom is -0.462 e. The number of nitrogens with zero attached hydrogens (tertiary/aromatic N) is 2. The van der Waals surface area contributed by atoms with Crippen LogP contribution < -0.4 is 64.1 Å². The van der Waals surface area contributed by atoms with Crippen LogP contribution in [0.25, 0.3) is 0 Å². The number of amides is 12. The summed E-state index contributed by atoms with van der Waals surface area (Å²) in [6.45, 7) is 15.8. The smallest absolute Gasteiger partial charge is 0.329 e. The number of nitrogens with two attached hydrogens (primary N) is 2. The molecule has 1 aromatic rings. The molecule has 3 aliphatic heterocycles. The van der Waals surface area contributed by atoms with Crippen molar-refractivity contribution >= 4 is 76.9 Å². The van der Waals surface area contributed by atoms with E-state index in [1.165, 1.54) is 98.9 Å². The number of hydrogen-bond donors (Lipinski definition) is 18. The lowest BCUT2D eigenvalue weighted by molar-refractivity contribution is -0.268. The van der Waals surface area contributed by atoms with Crippen molar-refractivity contribution in [2.45, 2.75) is 243 Å². The van der Waals surface area contributed by atoms with Crippen LogP contribution in [-0.2, 0) is 81.3 Å². The summed E-state index contributed by atoms with van der Waals surface area (Å²) in [6.07, 6.45) is -9.99. The molecule has 1 aromatic carbocycles. The number of aliphatic hydroxyl groups is 7. The van der Waals surface area contributed by atoms with Crippen molar-refractivity contribution in [2.24, 2.45) is 35.1 Å². The lowest BCUT2D eigenvalue weighted by Crippen LogP contribution is -2.66. The van der Waals surface area contributed by atoms with Crippen LogP contribution in [0.2, 0.25) is 0 Å². The molecule has 38 nitrogen and oxygen atoms in total. The van der Waals surface area contributed by atoms with E-state index in [1.807, 2.05) is 19.9 Å². The van der Waals surface area contributed by atoms with Gasteiger partial charge in [0.1, 0.15) is 96.7 Å². The monoisotopic (exact) mass is 1560 g/mol. The van der Waals surface area contributed by atoms with Crippen LogP contribution in [0.4, 0.5) is 0 Å². The number of piperidine rings is 1. The molecule has 24 atom stereocenters. The lowest BCUT2D eigenvalue weighted by atomic mass is 9.87. The maximum atomic E-state index is 15.7. The van der Waals surface area contributed by atoms with Gasteiger partial charge in [0, 0.05) is 39.8 Å². The number of esters is 1. The van der Waals surface area contributed by atoms with Gasteiger partial charge in [0.25, 0.3) is 5.91 Å². The maximum absolute atomic E-state index is 15.7. The number of fused-ring (bicyclic) bond motifs is 1. The first-order chi connectivity index (χ1) is 51.4. The van der Waals surface area contributed by atoms with Gasteiger partial charge in [-0.05, 0) is 103 Å². The van der Waals surface area contributed by atoms with Crippen molar-refractivity contribution in [1.82, 2.24) is 57.7 Å². The predicted octanol–water partition coefficient (Wildman–Crippen LogP) is -5.81.